The van der Waals surface area contributed by atoms with Crippen LogP contribution in [0.5, 0.6) is 5.75 Å². The van der Waals surface area contributed by atoms with Gasteiger partial charge in [-0.15, -0.1) is 11.3 Å². The zero-order valence-electron chi connectivity index (χ0n) is 15.0. The van der Waals surface area contributed by atoms with Crippen molar-refractivity contribution >= 4 is 29.0 Å². The molecule has 2 aromatic carbocycles. The molecule has 0 fully saturated rings. The van der Waals surface area contributed by atoms with Crippen LogP contribution in [0.4, 0.5) is 10.1 Å². The second kappa shape index (κ2) is 8.93. The summed E-state index contributed by atoms with van der Waals surface area (Å²) in [6, 6.07) is 11.3. The maximum Gasteiger partial charge on any atom is 0.248 e. The largest absolute Gasteiger partial charge is 0.489 e. The number of aromatic nitrogens is 1. The summed E-state index contributed by atoms with van der Waals surface area (Å²) < 4.78 is 19.5. The zero-order valence-corrected chi connectivity index (χ0v) is 15.8. The summed E-state index contributed by atoms with van der Waals surface area (Å²) in [4.78, 5) is 16.9. The summed E-state index contributed by atoms with van der Waals surface area (Å²) in [5, 5.41) is 11.7. The number of benzene rings is 2. The Morgan fingerprint density at radius 2 is 2.21 bits per heavy atom. The van der Waals surface area contributed by atoms with Crippen LogP contribution in [0.1, 0.15) is 21.6 Å². The van der Waals surface area contributed by atoms with E-state index in [1.807, 2.05) is 13.0 Å². The number of carbonyl (C=O) groups excluding carboxylic acids is 1. The Labute approximate surface area is 165 Å². The highest BCUT2D eigenvalue weighted by molar-refractivity contribution is 7.10. The standard InChI is InChI=1S/C21H16FN3O2S/c1-14-8-17(27-12-16-9-15(10-23)2-5-19(16)22)3-6-20(14)25-21(26)7-4-18-11-24-13-28-18/h2-9,11,13H,12H2,1H3,(H,25,26)/b7-4+. The van der Waals surface area contributed by atoms with Crippen LogP contribution >= 0.6 is 11.3 Å². The number of hydrogen-bond donors (Lipinski definition) is 1. The Morgan fingerprint density at radius 3 is 2.93 bits per heavy atom. The first-order chi connectivity index (χ1) is 13.5. The highest BCUT2D eigenvalue weighted by Crippen LogP contribution is 2.23. The van der Waals surface area contributed by atoms with Crippen molar-refractivity contribution in [3.05, 3.63) is 81.6 Å². The molecule has 0 saturated heterocycles. The van der Waals surface area contributed by atoms with E-state index < -0.39 is 5.82 Å². The van der Waals surface area contributed by atoms with Crippen molar-refractivity contribution in [2.24, 2.45) is 0 Å². The van der Waals surface area contributed by atoms with Gasteiger partial charge in [0, 0.05) is 28.4 Å². The molecule has 0 aliphatic heterocycles. The van der Waals surface area contributed by atoms with Crippen molar-refractivity contribution in [1.29, 1.82) is 5.26 Å². The van der Waals surface area contributed by atoms with Gasteiger partial charge in [0.1, 0.15) is 18.2 Å². The number of carbonyl (C=O) groups is 1. The SMILES string of the molecule is Cc1cc(OCc2cc(C#N)ccc2F)ccc1NC(=O)/C=C/c1cncs1. The molecule has 3 aromatic rings. The van der Waals surface area contributed by atoms with Crippen LogP contribution in [0, 0.1) is 24.1 Å². The van der Waals surface area contributed by atoms with Crippen LogP contribution in [0.3, 0.4) is 0 Å². The summed E-state index contributed by atoms with van der Waals surface area (Å²) in [5.74, 6) is -0.134. The number of nitriles is 1. The topological polar surface area (TPSA) is 75.0 Å². The summed E-state index contributed by atoms with van der Waals surface area (Å²) >= 11 is 1.44. The van der Waals surface area contributed by atoms with Gasteiger partial charge in [0.2, 0.25) is 5.91 Å². The molecule has 1 amide bonds. The fraction of sp³-hybridized carbons (Fsp3) is 0.0952. The molecule has 1 aromatic heterocycles. The molecular formula is C21H16FN3O2S. The lowest BCUT2D eigenvalue weighted by atomic mass is 10.1. The highest BCUT2D eigenvalue weighted by atomic mass is 32.1. The number of rotatable bonds is 6. The van der Waals surface area contributed by atoms with E-state index in [2.05, 4.69) is 10.3 Å². The molecule has 5 nitrogen and oxygen atoms in total. The Hall–Kier alpha value is -3.50. The van der Waals surface area contributed by atoms with E-state index in [4.69, 9.17) is 10.00 Å². The molecule has 0 saturated carbocycles. The second-order valence-corrected chi connectivity index (χ2v) is 6.83. The molecule has 0 atom stereocenters. The summed E-state index contributed by atoms with van der Waals surface area (Å²) in [6.45, 7) is 1.84. The first-order valence-corrected chi connectivity index (χ1v) is 9.22. The van der Waals surface area contributed by atoms with Gasteiger partial charge in [0.25, 0.3) is 0 Å². The lowest BCUT2D eigenvalue weighted by molar-refractivity contribution is -0.111. The lowest BCUT2D eigenvalue weighted by Gasteiger charge is -2.11. The molecular weight excluding hydrogens is 377 g/mol. The molecule has 0 bridgehead atoms. The van der Waals surface area contributed by atoms with Gasteiger partial charge in [-0.05, 0) is 55.0 Å². The van der Waals surface area contributed by atoms with Crippen LogP contribution in [0.2, 0.25) is 0 Å². The van der Waals surface area contributed by atoms with E-state index in [0.29, 0.717) is 22.6 Å². The third-order valence-electron chi connectivity index (χ3n) is 3.88. The van der Waals surface area contributed by atoms with Crippen LogP contribution in [-0.2, 0) is 11.4 Å². The maximum absolute atomic E-state index is 13.8. The van der Waals surface area contributed by atoms with Crippen molar-refractivity contribution in [3.8, 4) is 11.8 Å². The van der Waals surface area contributed by atoms with Gasteiger partial charge in [-0.3, -0.25) is 9.78 Å². The number of halogens is 1. The third-order valence-corrected chi connectivity index (χ3v) is 4.62. The Morgan fingerprint density at radius 1 is 1.36 bits per heavy atom. The van der Waals surface area contributed by atoms with Crippen molar-refractivity contribution in [3.63, 3.8) is 0 Å². The normalized spacial score (nSPS) is 10.6. The van der Waals surface area contributed by atoms with Crippen LogP contribution in [0.25, 0.3) is 6.08 Å². The monoisotopic (exact) mass is 393 g/mol. The minimum absolute atomic E-state index is 0.00405. The predicted molar refractivity (Wildman–Crippen MR) is 106 cm³/mol. The Kier molecular flexibility index (Phi) is 6.14. The average molecular weight is 393 g/mol. The molecule has 0 radical (unpaired) electrons. The van der Waals surface area contributed by atoms with Crippen LogP contribution < -0.4 is 10.1 Å². The third kappa shape index (κ3) is 5.02. The summed E-state index contributed by atoms with van der Waals surface area (Å²) in [7, 11) is 0. The fourth-order valence-corrected chi connectivity index (χ4v) is 2.93. The number of thiazole rings is 1. The number of hydrogen-bond acceptors (Lipinski definition) is 5. The minimum atomic E-state index is -0.424. The van der Waals surface area contributed by atoms with E-state index in [0.717, 1.165) is 10.4 Å². The predicted octanol–water partition coefficient (Wildman–Crippen LogP) is 4.69. The van der Waals surface area contributed by atoms with Crippen molar-refractivity contribution in [2.45, 2.75) is 13.5 Å². The molecule has 1 heterocycles. The molecule has 28 heavy (non-hydrogen) atoms. The molecule has 0 unspecified atom stereocenters. The molecule has 3 rings (SSSR count). The summed E-state index contributed by atoms with van der Waals surface area (Å²) in [5.41, 5.74) is 3.85. The Balaban J connectivity index is 1.62. The number of nitrogens with zero attached hydrogens (tertiary/aromatic N) is 2. The van der Waals surface area contributed by atoms with Crippen LogP contribution in [0.15, 0.2) is 54.2 Å². The smallest absolute Gasteiger partial charge is 0.248 e. The van der Waals surface area contributed by atoms with Crippen LogP contribution in [-0.4, -0.2) is 10.9 Å². The number of anilines is 1. The number of amides is 1. The van der Waals surface area contributed by atoms with Gasteiger partial charge in [-0.1, -0.05) is 0 Å². The first kappa shape index (κ1) is 19.3. The number of nitrogens with one attached hydrogen (secondary N) is 1. The van der Waals surface area contributed by atoms with E-state index in [1.54, 1.807) is 36.0 Å². The van der Waals surface area contributed by atoms with E-state index in [1.165, 1.54) is 35.6 Å². The average Bonchev–Trinajstić information content (AvgIpc) is 3.21. The van der Waals surface area contributed by atoms with Crippen molar-refractivity contribution < 1.29 is 13.9 Å². The Bertz CT molecular complexity index is 1060. The molecule has 0 aliphatic rings. The highest BCUT2D eigenvalue weighted by Gasteiger charge is 2.07. The van der Waals surface area contributed by atoms with Gasteiger partial charge in [-0.2, -0.15) is 5.26 Å². The zero-order chi connectivity index (χ0) is 19.9. The minimum Gasteiger partial charge on any atom is -0.489 e. The first-order valence-electron chi connectivity index (χ1n) is 8.34. The molecule has 140 valence electrons. The molecule has 1 N–H and O–H groups in total. The quantitative estimate of drug-likeness (QED) is 0.617. The number of aryl methyl sites for hydroxylation is 1. The lowest BCUT2D eigenvalue weighted by Crippen LogP contribution is -2.09. The van der Waals surface area contributed by atoms with Gasteiger partial charge in [-0.25, -0.2) is 4.39 Å². The van der Waals surface area contributed by atoms with E-state index in [9.17, 15) is 9.18 Å². The number of ether oxygens (including phenoxy) is 1. The molecule has 7 heteroatoms. The van der Waals surface area contributed by atoms with E-state index >= 15 is 0 Å². The van der Waals surface area contributed by atoms with Crippen molar-refractivity contribution in [2.75, 3.05) is 5.32 Å². The van der Waals surface area contributed by atoms with Gasteiger partial charge in [0.15, 0.2) is 0 Å². The fourth-order valence-electron chi connectivity index (χ4n) is 2.42. The van der Waals surface area contributed by atoms with Crippen molar-refractivity contribution in [1.82, 2.24) is 4.98 Å². The van der Waals surface area contributed by atoms with E-state index in [-0.39, 0.29) is 12.5 Å². The summed E-state index contributed by atoms with van der Waals surface area (Å²) in [6.07, 6.45) is 4.83. The van der Waals surface area contributed by atoms with Gasteiger partial charge in [0.05, 0.1) is 17.1 Å². The molecule has 0 aliphatic carbocycles. The maximum atomic E-state index is 13.8. The molecule has 0 spiro atoms. The van der Waals surface area contributed by atoms with Gasteiger partial charge < -0.3 is 10.1 Å². The van der Waals surface area contributed by atoms with Gasteiger partial charge >= 0.3 is 0 Å². The second-order valence-electron chi connectivity index (χ2n) is 5.91.